The van der Waals surface area contributed by atoms with E-state index in [4.69, 9.17) is 21.3 Å². The Bertz CT molecular complexity index is 1250. The summed E-state index contributed by atoms with van der Waals surface area (Å²) >= 11 is 5.95. The zero-order valence-corrected chi connectivity index (χ0v) is 20.5. The number of hydrogen-bond donors (Lipinski definition) is 1. The first kappa shape index (κ1) is 23.8. The highest BCUT2D eigenvalue weighted by molar-refractivity contribution is 6.30. The van der Waals surface area contributed by atoms with Crippen LogP contribution in [0.1, 0.15) is 60.9 Å². The van der Waals surface area contributed by atoms with Crippen LogP contribution in [-0.4, -0.2) is 22.1 Å². The van der Waals surface area contributed by atoms with Crippen LogP contribution in [0.15, 0.2) is 72.8 Å². The van der Waals surface area contributed by atoms with Gasteiger partial charge in [0, 0.05) is 17.1 Å². The lowest BCUT2D eigenvalue weighted by Gasteiger charge is -2.17. The van der Waals surface area contributed by atoms with Crippen molar-refractivity contribution >= 4 is 28.5 Å². The Labute approximate surface area is 205 Å². The number of amides is 1. The topological polar surface area (TPSA) is 56.1 Å². The number of nitrogens with one attached hydrogen (secondary N) is 1. The maximum atomic E-state index is 12.7. The number of halogens is 1. The molecular weight excluding hydrogens is 446 g/mol. The second-order valence-electron chi connectivity index (χ2n) is 8.74. The Morgan fingerprint density at radius 1 is 1.00 bits per heavy atom. The predicted molar refractivity (Wildman–Crippen MR) is 138 cm³/mol. The Balaban J connectivity index is 1.44. The van der Waals surface area contributed by atoms with Crippen molar-refractivity contribution in [3.63, 3.8) is 0 Å². The molecule has 0 aliphatic heterocycles. The van der Waals surface area contributed by atoms with Crippen LogP contribution in [0.2, 0.25) is 5.02 Å². The highest BCUT2D eigenvalue weighted by Gasteiger charge is 2.19. The minimum atomic E-state index is -0.264. The maximum Gasteiger partial charge on any atom is 0.251 e. The molecule has 0 fully saturated rings. The molecule has 0 saturated heterocycles. The number of benzene rings is 3. The van der Waals surface area contributed by atoms with E-state index in [2.05, 4.69) is 41.9 Å². The second-order valence-corrected chi connectivity index (χ2v) is 9.17. The van der Waals surface area contributed by atoms with Gasteiger partial charge in [-0.3, -0.25) is 4.79 Å². The molecule has 0 spiro atoms. The van der Waals surface area contributed by atoms with Crippen LogP contribution < -0.4 is 10.1 Å². The van der Waals surface area contributed by atoms with Gasteiger partial charge in [-0.1, -0.05) is 49.7 Å². The van der Waals surface area contributed by atoms with E-state index < -0.39 is 0 Å². The first-order valence-corrected chi connectivity index (χ1v) is 12.0. The third kappa shape index (κ3) is 5.60. The number of aryl methyl sites for hydroxylation is 1. The number of carbonyl (C=O) groups is 1. The van der Waals surface area contributed by atoms with E-state index in [0.717, 1.165) is 35.6 Å². The second kappa shape index (κ2) is 10.7. The Kier molecular flexibility index (Phi) is 7.53. The van der Waals surface area contributed by atoms with Crippen molar-refractivity contribution in [3.8, 4) is 5.75 Å². The van der Waals surface area contributed by atoms with Crippen molar-refractivity contribution in [2.24, 2.45) is 0 Å². The summed E-state index contributed by atoms with van der Waals surface area (Å²) in [5, 5.41) is 3.67. The first-order valence-electron chi connectivity index (χ1n) is 11.7. The van der Waals surface area contributed by atoms with E-state index in [-0.39, 0.29) is 11.9 Å². The molecule has 34 heavy (non-hydrogen) atoms. The van der Waals surface area contributed by atoms with Gasteiger partial charge in [0.25, 0.3) is 5.91 Å². The summed E-state index contributed by atoms with van der Waals surface area (Å²) in [6.07, 6.45) is 0.817. The molecule has 1 unspecified atom stereocenters. The molecule has 1 amide bonds. The summed E-state index contributed by atoms with van der Waals surface area (Å²) in [6, 6.07) is 22.9. The van der Waals surface area contributed by atoms with Gasteiger partial charge < -0.3 is 14.6 Å². The van der Waals surface area contributed by atoms with Gasteiger partial charge in [-0.2, -0.15) is 0 Å². The van der Waals surface area contributed by atoms with Gasteiger partial charge >= 0.3 is 0 Å². The SMILES string of the molecule is CC(C)c1ccc(OCCCn2c(C(C)NC(=O)c3ccc(Cl)cc3)nc3ccccc32)cc1. The van der Waals surface area contributed by atoms with Crippen LogP contribution in [0, 0.1) is 0 Å². The van der Waals surface area contributed by atoms with Gasteiger partial charge in [-0.15, -0.1) is 0 Å². The van der Waals surface area contributed by atoms with E-state index in [9.17, 15) is 4.79 Å². The molecule has 0 radical (unpaired) electrons. The smallest absolute Gasteiger partial charge is 0.251 e. The largest absolute Gasteiger partial charge is 0.494 e. The molecule has 3 aromatic carbocycles. The molecular formula is C28H30ClN3O2. The van der Waals surface area contributed by atoms with Crippen LogP contribution in [0.3, 0.4) is 0 Å². The molecule has 1 heterocycles. The summed E-state index contributed by atoms with van der Waals surface area (Å²) in [5.41, 5.74) is 3.83. The third-order valence-electron chi connectivity index (χ3n) is 5.87. The standard InChI is InChI=1S/C28H30ClN3O2/c1-19(2)21-11-15-24(16-12-21)34-18-6-17-32-26-8-5-4-7-25(26)31-27(32)20(3)30-28(33)22-9-13-23(29)14-10-22/h4-5,7-16,19-20H,6,17-18H2,1-3H3,(H,30,33). The molecule has 1 aromatic heterocycles. The van der Waals surface area contributed by atoms with Gasteiger partial charge in [0.1, 0.15) is 11.6 Å². The Hall–Kier alpha value is -3.31. The van der Waals surface area contributed by atoms with Gasteiger partial charge in [-0.05, 0) is 73.4 Å². The normalized spacial score (nSPS) is 12.1. The highest BCUT2D eigenvalue weighted by Crippen LogP contribution is 2.23. The molecule has 0 aliphatic rings. The summed E-state index contributed by atoms with van der Waals surface area (Å²) in [5.74, 6) is 2.05. The van der Waals surface area contributed by atoms with Crippen molar-refractivity contribution < 1.29 is 9.53 Å². The molecule has 4 aromatic rings. The fourth-order valence-electron chi connectivity index (χ4n) is 3.97. The van der Waals surface area contributed by atoms with Gasteiger partial charge in [0.2, 0.25) is 0 Å². The van der Waals surface area contributed by atoms with Crippen LogP contribution in [-0.2, 0) is 6.54 Å². The fourth-order valence-corrected chi connectivity index (χ4v) is 4.09. The summed E-state index contributed by atoms with van der Waals surface area (Å²) in [6.45, 7) is 7.65. The van der Waals surface area contributed by atoms with Crippen molar-refractivity contribution in [1.82, 2.24) is 14.9 Å². The van der Waals surface area contributed by atoms with Crippen LogP contribution in [0.4, 0.5) is 0 Å². The van der Waals surface area contributed by atoms with Gasteiger partial charge in [0.05, 0.1) is 23.7 Å². The molecule has 5 nitrogen and oxygen atoms in total. The highest BCUT2D eigenvalue weighted by atomic mass is 35.5. The van der Waals surface area contributed by atoms with Crippen LogP contribution >= 0.6 is 11.6 Å². The van der Waals surface area contributed by atoms with Crippen LogP contribution in [0.25, 0.3) is 11.0 Å². The fraction of sp³-hybridized carbons (Fsp3) is 0.286. The zero-order chi connectivity index (χ0) is 24.1. The number of nitrogens with zero attached hydrogens (tertiary/aromatic N) is 2. The van der Waals surface area contributed by atoms with Crippen molar-refractivity contribution in [2.75, 3.05) is 6.61 Å². The van der Waals surface area contributed by atoms with E-state index in [1.54, 1.807) is 24.3 Å². The maximum absolute atomic E-state index is 12.7. The van der Waals surface area contributed by atoms with Crippen LogP contribution in [0.5, 0.6) is 5.75 Å². The molecule has 1 N–H and O–H groups in total. The first-order chi connectivity index (χ1) is 16.4. The summed E-state index contributed by atoms with van der Waals surface area (Å²) < 4.78 is 8.14. The van der Waals surface area contributed by atoms with E-state index in [1.807, 2.05) is 37.3 Å². The molecule has 0 bridgehead atoms. The summed E-state index contributed by atoms with van der Waals surface area (Å²) in [4.78, 5) is 17.6. The lowest BCUT2D eigenvalue weighted by atomic mass is 10.0. The quantitative estimate of drug-likeness (QED) is 0.272. The summed E-state index contributed by atoms with van der Waals surface area (Å²) in [7, 11) is 0. The zero-order valence-electron chi connectivity index (χ0n) is 19.8. The number of para-hydroxylation sites is 2. The van der Waals surface area contributed by atoms with E-state index in [0.29, 0.717) is 23.1 Å². The van der Waals surface area contributed by atoms with Crippen molar-refractivity contribution in [2.45, 2.75) is 45.7 Å². The lowest BCUT2D eigenvalue weighted by Crippen LogP contribution is -2.28. The van der Waals surface area contributed by atoms with Crippen molar-refractivity contribution in [3.05, 3.63) is 94.8 Å². The molecule has 0 aliphatic carbocycles. The average Bonchev–Trinajstić information content (AvgIpc) is 3.21. The minimum absolute atomic E-state index is 0.157. The molecule has 1 atom stereocenters. The van der Waals surface area contributed by atoms with Crippen molar-refractivity contribution in [1.29, 1.82) is 0 Å². The minimum Gasteiger partial charge on any atom is -0.494 e. The van der Waals surface area contributed by atoms with Gasteiger partial charge in [0.15, 0.2) is 0 Å². The number of carbonyl (C=O) groups excluding carboxylic acids is 1. The third-order valence-corrected chi connectivity index (χ3v) is 6.12. The number of aromatic nitrogens is 2. The van der Waals surface area contributed by atoms with E-state index >= 15 is 0 Å². The predicted octanol–water partition coefficient (Wildman–Crippen LogP) is 6.77. The number of rotatable bonds is 9. The Morgan fingerprint density at radius 3 is 2.41 bits per heavy atom. The lowest BCUT2D eigenvalue weighted by molar-refractivity contribution is 0.0937. The molecule has 4 rings (SSSR count). The van der Waals surface area contributed by atoms with E-state index in [1.165, 1.54) is 5.56 Å². The van der Waals surface area contributed by atoms with Gasteiger partial charge in [-0.25, -0.2) is 4.98 Å². The monoisotopic (exact) mass is 475 g/mol. The molecule has 176 valence electrons. The number of fused-ring (bicyclic) bond motifs is 1. The average molecular weight is 476 g/mol. The number of hydrogen-bond acceptors (Lipinski definition) is 3. The molecule has 0 saturated carbocycles. The number of imidazole rings is 1. The number of ether oxygens (including phenoxy) is 1. The Morgan fingerprint density at radius 2 is 1.71 bits per heavy atom. The molecule has 6 heteroatoms.